The summed E-state index contributed by atoms with van der Waals surface area (Å²) in [6.07, 6.45) is 0.397. The van der Waals surface area contributed by atoms with E-state index in [1.165, 1.54) is 6.07 Å². The maximum absolute atomic E-state index is 13.7. The van der Waals surface area contributed by atoms with Crippen molar-refractivity contribution >= 4 is 5.91 Å². The third kappa shape index (κ3) is 5.15. The maximum Gasteiger partial charge on any atom is 0.345 e. The standard InChI is InChI=1S/C26H22FN3O3/c1-16-14-20(10-11-24(16)31)23-15-22(29-26(33)30-23)18-6-8-19(9-7-18)25(32)28-13-12-17-4-2-3-5-21(17)27/h2-11,14-15,31H,12-13H2,1H3,(H,28,32)(H,29,30,33). The van der Waals surface area contributed by atoms with Crippen LogP contribution in [0.2, 0.25) is 0 Å². The number of rotatable bonds is 6. The van der Waals surface area contributed by atoms with Gasteiger partial charge in [0, 0.05) is 17.7 Å². The number of amides is 1. The second kappa shape index (κ2) is 9.48. The van der Waals surface area contributed by atoms with Crippen molar-refractivity contribution in [3.63, 3.8) is 0 Å². The third-order valence-corrected chi connectivity index (χ3v) is 5.33. The van der Waals surface area contributed by atoms with Crippen molar-refractivity contribution in [2.75, 3.05) is 6.54 Å². The molecule has 0 atom stereocenters. The van der Waals surface area contributed by atoms with Crippen LogP contribution >= 0.6 is 0 Å². The van der Waals surface area contributed by atoms with Crippen molar-refractivity contribution in [1.29, 1.82) is 0 Å². The van der Waals surface area contributed by atoms with Gasteiger partial charge in [0.15, 0.2) is 0 Å². The van der Waals surface area contributed by atoms with Crippen LogP contribution in [0.1, 0.15) is 21.5 Å². The van der Waals surface area contributed by atoms with E-state index in [4.69, 9.17) is 0 Å². The first-order valence-corrected chi connectivity index (χ1v) is 10.4. The van der Waals surface area contributed by atoms with Crippen molar-refractivity contribution in [1.82, 2.24) is 15.3 Å². The molecule has 3 N–H and O–H groups in total. The number of phenols is 1. The van der Waals surface area contributed by atoms with E-state index < -0.39 is 5.69 Å². The lowest BCUT2D eigenvalue weighted by Crippen LogP contribution is -2.25. The van der Waals surface area contributed by atoms with E-state index in [0.29, 0.717) is 52.2 Å². The van der Waals surface area contributed by atoms with Crippen molar-refractivity contribution in [3.8, 4) is 28.3 Å². The minimum absolute atomic E-state index is 0.173. The Morgan fingerprint density at radius 1 is 1.03 bits per heavy atom. The van der Waals surface area contributed by atoms with E-state index in [0.717, 1.165) is 0 Å². The summed E-state index contributed by atoms with van der Waals surface area (Å²) < 4.78 is 13.7. The Kier molecular flexibility index (Phi) is 6.31. The Labute approximate surface area is 189 Å². The minimum atomic E-state index is -0.497. The summed E-state index contributed by atoms with van der Waals surface area (Å²) in [5.74, 6) is -0.378. The zero-order valence-corrected chi connectivity index (χ0v) is 17.9. The summed E-state index contributed by atoms with van der Waals surface area (Å²) in [4.78, 5) is 31.3. The monoisotopic (exact) mass is 443 g/mol. The number of hydrogen-bond acceptors (Lipinski definition) is 4. The number of aryl methyl sites for hydroxylation is 1. The molecule has 0 unspecified atom stereocenters. The lowest BCUT2D eigenvalue weighted by molar-refractivity contribution is 0.0954. The maximum atomic E-state index is 13.7. The molecule has 4 aromatic rings. The van der Waals surface area contributed by atoms with E-state index in [1.807, 2.05) is 0 Å². The van der Waals surface area contributed by atoms with Gasteiger partial charge in [-0.15, -0.1) is 0 Å². The molecule has 1 heterocycles. The molecule has 33 heavy (non-hydrogen) atoms. The predicted octanol–water partition coefficient (Wildman–Crippen LogP) is 4.23. The van der Waals surface area contributed by atoms with E-state index in [2.05, 4.69) is 15.3 Å². The highest BCUT2D eigenvalue weighted by atomic mass is 19.1. The molecule has 6 nitrogen and oxygen atoms in total. The SMILES string of the molecule is Cc1cc(-c2cc(-c3ccc(C(=O)NCCc4ccccc4F)cc3)[nH]c(=O)n2)ccc1O. The summed E-state index contributed by atoms with van der Waals surface area (Å²) in [5, 5.41) is 12.5. The number of H-pyrrole nitrogens is 1. The van der Waals surface area contributed by atoms with Gasteiger partial charge in [-0.2, -0.15) is 4.98 Å². The zero-order chi connectivity index (χ0) is 23.4. The lowest BCUT2D eigenvalue weighted by atomic mass is 10.0. The van der Waals surface area contributed by atoms with E-state index in [9.17, 15) is 19.1 Å². The predicted molar refractivity (Wildman–Crippen MR) is 125 cm³/mol. The molecule has 3 aromatic carbocycles. The Bertz CT molecular complexity index is 1360. The highest BCUT2D eigenvalue weighted by Gasteiger charge is 2.10. The van der Waals surface area contributed by atoms with Gasteiger partial charge < -0.3 is 15.4 Å². The molecule has 0 spiro atoms. The first-order valence-electron chi connectivity index (χ1n) is 10.4. The van der Waals surface area contributed by atoms with Crippen molar-refractivity contribution in [2.24, 2.45) is 0 Å². The van der Waals surface area contributed by atoms with Gasteiger partial charge in [0.2, 0.25) is 0 Å². The Hall–Kier alpha value is -4.26. The van der Waals surface area contributed by atoms with Crippen LogP contribution in [0.4, 0.5) is 4.39 Å². The normalized spacial score (nSPS) is 10.7. The highest BCUT2D eigenvalue weighted by molar-refractivity contribution is 5.94. The number of aromatic hydroxyl groups is 1. The van der Waals surface area contributed by atoms with Gasteiger partial charge in [-0.3, -0.25) is 4.79 Å². The van der Waals surface area contributed by atoms with Crippen molar-refractivity contribution in [2.45, 2.75) is 13.3 Å². The number of nitrogens with one attached hydrogen (secondary N) is 2. The fourth-order valence-corrected chi connectivity index (χ4v) is 3.49. The number of phenolic OH excluding ortho intramolecular Hbond substituents is 1. The van der Waals surface area contributed by atoms with Crippen LogP contribution in [0, 0.1) is 12.7 Å². The smallest absolute Gasteiger partial charge is 0.345 e. The molecule has 7 heteroatoms. The summed E-state index contributed by atoms with van der Waals surface area (Å²) in [6.45, 7) is 2.08. The summed E-state index contributed by atoms with van der Waals surface area (Å²) >= 11 is 0. The minimum Gasteiger partial charge on any atom is -0.508 e. The number of nitrogens with zero attached hydrogens (tertiary/aromatic N) is 1. The zero-order valence-electron chi connectivity index (χ0n) is 17.9. The van der Waals surface area contributed by atoms with Crippen molar-refractivity contribution in [3.05, 3.63) is 106 Å². The molecule has 0 saturated carbocycles. The van der Waals surface area contributed by atoms with E-state index in [-0.39, 0.29) is 17.5 Å². The number of hydrogen-bond donors (Lipinski definition) is 3. The molecule has 0 bridgehead atoms. The van der Waals surface area contributed by atoms with Crippen LogP contribution in [0.5, 0.6) is 5.75 Å². The average Bonchev–Trinajstić information content (AvgIpc) is 2.81. The molecule has 166 valence electrons. The second-order valence-electron chi connectivity index (χ2n) is 7.66. The molecule has 0 aliphatic heterocycles. The van der Waals surface area contributed by atoms with Gasteiger partial charge in [-0.1, -0.05) is 30.3 Å². The van der Waals surface area contributed by atoms with Crippen LogP contribution in [-0.2, 0) is 6.42 Å². The molecule has 4 rings (SSSR count). The first kappa shape index (κ1) is 22.0. The van der Waals surface area contributed by atoms with E-state index >= 15 is 0 Å². The number of benzene rings is 3. The van der Waals surface area contributed by atoms with Crippen molar-refractivity contribution < 1.29 is 14.3 Å². The largest absolute Gasteiger partial charge is 0.508 e. The number of halogens is 1. The molecular formula is C26H22FN3O3. The van der Waals surface area contributed by atoms with Gasteiger partial charge in [-0.25, -0.2) is 9.18 Å². The Morgan fingerprint density at radius 3 is 2.48 bits per heavy atom. The summed E-state index contributed by atoms with van der Waals surface area (Å²) in [7, 11) is 0. The summed E-state index contributed by atoms with van der Waals surface area (Å²) in [5.41, 5.74) is 3.66. The van der Waals surface area contributed by atoms with E-state index in [1.54, 1.807) is 73.7 Å². The highest BCUT2D eigenvalue weighted by Crippen LogP contribution is 2.26. The second-order valence-corrected chi connectivity index (χ2v) is 7.66. The fraction of sp³-hybridized carbons (Fsp3) is 0.115. The average molecular weight is 443 g/mol. The third-order valence-electron chi connectivity index (χ3n) is 5.33. The quantitative estimate of drug-likeness (QED) is 0.416. The Morgan fingerprint density at radius 2 is 1.76 bits per heavy atom. The molecule has 1 amide bonds. The van der Waals surface area contributed by atoms with Gasteiger partial charge in [0.25, 0.3) is 5.91 Å². The number of carbonyl (C=O) groups is 1. The number of aromatic nitrogens is 2. The van der Waals surface area contributed by atoms with Crippen LogP contribution in [0.25, 0.3) is 22.5 Å². The molecule has 0 radical (unpaired) electrons. The molecule has 0 aliphatic carbocycles. The molecule has 1 aromatic heterocycles. The van der Waals surface area contributed by atoms with Gasteiger partial charge in [0.05, 0.1) is 11.4 Å². The fourth-order valence-electron chi connectivity index (χ4n) is 3.49. The molecular weight excluding hydrogens is 421 g/mol. The first-order chi connectivity index (χ1) is 15.9. The topological polar surface area (TPSA) is 95.1 Å². The molecule has 0 saturated heterocycles. The molecule has 0 fully saturated rings. The van der Waals surface area contributed by atoms with Crippen LogP contribution in [0.15, 0.2) is 77.6 Å². The molecule has 0 aliphatic rings. The lowest BCUT2D eigenvalue weighted by Gasteiger charge is -2.08. The number of carbonyl (C=O) groups excluding carboxylic acids is 1. The van der Waals surface area contributed by atoms with Gasteiger partial charge in [-0.05, 0) is 72.5 Å². The number of aromatic amines is 1. The van der Waals surface area contributed by atoms with Crippen LogP contribution in [0.3, 0.4) is 0 Å². The van der Waals surface area contributed by atoms with Crippen LogP contribution in [-0.4, -0.2) is 27.5 Å². The summed E-state index contributed by atoms with van der Waals surface area (Å²) in [6, 6.07) is 20.1. The van der Waals surface area contributed by atoms with Gasteiger partial charge >= 0.3 is 5.69 Å². The Balaban J connectivity index is 1.48. The van der Waals surface area contributed by atoms with Crippen LogP contribution < -0.4 is 11.0 Å². The van der Waals surface area contributed by atoms with Gasteiger partial charge in [0.1, 0.15) is 11.6 Å².